The van der Waals surface area contributed by atoms with E-state index in [9.17, 15) is 13.2 Å². The van der Waals surface area contributed by atoms with Gasteiger partial charge in [0.1, 0.15) is 5.75 Å². The van der Waals surface area contributed by atoms with E-state index in [0.29, 0.717) is 18.8 Å². The normalized spacial score (nSPS) is 11.5. The standard InChI is InChI=1S/C23H29N3O4S2/c1-4-16-26(17-5-2)32(28,29)21-13-9-19(10-14-21)24-23(31)25-22(27)15-8-18-6-11-20(30-3)12-7-18/h6-15H,4-5,16-17H2,1-3H3,(H2,24,25,27,31). The summed E-state index contributed by atoms with van der Waals surface area (Å²) in [5.74, 6) is 0.353. The summed E-state index contributed by atoms with van der Waals surface area (Å²) in [6, 6.07) is 13.6. The first-order valence-corrected chi connectivity index (χ1v) is 12.2. The number of carbonyl (C=O) groups excluding carboxylic acids is 1. The predicted octanol–water partition coefficient (Wildman–Crippen LogP) is 4.03. The van der Waals surface area contributed by atoms with E-state index >= 15 is 0 Å². The number of rotatable bonds is 10. The lowest BCUT2D eigenvalue weighted by molar-refractivity contribution is -0.115. The number of anilines is 1. The molecule has 9 heteroatoms. The number of methoxy groups -OCH3 is 1. The Bertz CT molecular complexity index is 1030. The van der Waals surface area contributed by atoms with Crippen LogP contribution in [0.5, 0.6) is 5.75 Å². The molecule has 1 amide bonds. The van der Waals surface area contributed by atoms with Crippen molar-refractivity contribution >= 4 is 45.0 Å². The summed E-state index contributed by atoms with van der Waals surface area (Å²) in [7, 11) is -1.95. The number of hydrogen-bond donors (Lipinski definition) is 2. The molecule has 0 fully saturated rings. The smallest absolute Gasteiger partial charge is 0.250 e. The Morgan fingerprint density at radius 3 is 2.16 bits per heavy atom. The van der Waals surface area contributed by atoms with Crippen LogP contribution in [0.25, 0.3) is 6.08 Å². The lowest BCUT2D eigenvalue weighted by atomic mass is 10.2. The third-order valence-corrected chi connectivity index (χ3v) is 6.59. The summed E-state index contributed by atoms with van der Waals surface area (Å²) in [5.41, 5.74) is 1.42. The molecule has 0 saturated carbocycles. The molecule has 0 heterocycles. The molecule has 0 aromatic heterocycles. The Morgan fingerprint density at radius 1 is 1.03 bits per heavy atom. The Kier molecular flexibility index (Phi) is 9.83. The second kappa shape index (κ2) is 12.3. The zero-order chi connectivity index (χ0) is 23.6. The van der Waals surface area contributed by atoms with Gasteiger partial charge in [-0.1, -0.05) is 26.0 Å². The van der Waals surface area contributed by atoms with Crippen molar-refractivity contribution in [2.45, 2.75) is 31.6 Å². The Hall–Kier alpha value is -2.75. The SMILES string of the molecule is CCCN(CCC)S(=O)(=O)c1ccc(NC(=S)NC(=O)C=Cc2ccc(OC)cc2)cc1. The molecule has 0 spiro atoms. The minimum Gasteiger partial charge on any atom is -0.497 e. The molecule has 0 radical (unpaired) electrons. The average molecular weight is 476 g/mol. The third kappa shape index (κ3) is 7.44. The van der Waals surface area contributed by atoms with Crippen LogP contribution in [0.2, 0.25) is 0 Å². The third-order valence-electron chi connectivity index (χ3n) is 4.48. The minimum atomic E-state index is -3.54. The topological polar surface area (TPSA) is 87.7 Å². The summed E-state index contributed by atoms with van der Waals surface area (Å²) in [5, 5.41) is 5.56. The van der Waals surface area contributed by atoms with Crippen LogP contribution in [0.1, 0.15) is 32.3 Å². The molecule has 0 aliphatic heterocycles. The van der Waals surface area contributed by atoms with E-state index in [1.807, 2.05) is 26.0 Å². The Morgan fingerprint density at radius 2 is 1.62 bits per heavy atom. The first-order chi connectivity index (χ1) is 15.3. The van der Waals surface area contributed by atoms with Gasteiger partial charge >= 0.3 is 0 Å². The number of thiocarbonyl (C=S) groups is 1. The molecule has 0 aliphatic rings. The second-order valence-electron chi connectivity index (χ2n) is 6.98. The lowest BCUT2D eigenvalue weighted by Crippen LogP contribution is -2.33. The van der Waals surface area contributed by atoms with Gasteiger partial charge in [0, 0.05) is 24.9 Å². The fourth-order valence-corrected chi connectivity index (χ4v) is 4.76. The van der Waals surface area contributed by atoms with Gasteiger partial charge in [0.15, 0.2) is 5.11 Å². The van der Waals surface area contributed by atoms with Gasteiger partial charge in [0.05, 0.1) is 12.0 Å². The minimum absolute atomic E-state index is 0.114. The van der Waals surface area contributed by atoms with Crippen molar-refractivity contribution in [1.29, 1.82) is 0 Å². The lowest BCUT2D eigenvalue weighted by Gasteiger charge is -2.21. The van der Waals surface area contributed by atoms with Crippen LogP contribution < -0.4 is 15.4 Å². The van der Waals surface area contributed by atoms with Crippen LogP contribution in [0, 0.1) is 0 Å². The average Bonchev–Trinajstić information content (AvgIpc) is 2.78. The maximum Gasteiger partial charge on any atom is 0.250 e. The molecule has 7 nitrogen and oxygen atoms in total. The largest absolute Gasteiger partial charge is 0.497 e. The van der Waals surface area contributed by atoms with Crippen molar-refractivity contribution in [3.63, 3.8) is 0 Å². The van der Waals surface area contributed by atoms with Gasteiger partial charge < -0.3 is 10.1 Å². The van der Waals surface area contributed by atoms with Gasteiger partial charge in [0.2, 0.25) is 15.9 Å². The maximum atomic E-state index is 12.8. The molecule has 0 unspecified atom stereocenters. The number of nitrogens with one attached hydrogen (secondary N) is 2. The molecule has 2 aromatic rings. The van der Waals surface area contributed by atoms with Crippen molar-refractivity contribution in [3.8, 4) is 5.75 Å². The summed E-state index contributed by atoms with van der Waals surface area (Å²) < 4.78 is 32.2. The number of benzene rings is 2. The van der Waals surface area contributed by atoms with Crippen LogP contribution in [-0.4, -0.2) is 43.9 Å². The summed E-state index contributed by atoms with van der Waals surface area (Å²) >= 11 is 5.17. The number of sulfonamides is 1. The summed E-state index contributed by atoms with van der Waals surface area (Å²) in [4.78, 5) is 12.3. The zero-order valence-electron chi connectivity index (χ0n) is 18.5. The van der Waals surface area contributed by atoms with Crippen molar-refractivity contribution in [1.82, 2.24) is 9.62 Å². The number of carbonyl (C=O) groups is 1. The zero-order valence-corrected chi connectivity index (χ0v) is 20.1. The van der Waals surface area contributed by atoms with Crippen molar-refractivity contribution < 1.29 is 17.9 Å². The van der Waals surface area contributed by atoms with E-state index < -0.39 is 10.0 Å². The molecular formula is C23H29N3O4S2. The van der Waals surface area contributed by atoms with Crippen molar-refractivity contribution in [3.05, 3.63) is 60.2 Å². The molecule has 0 bridgehead atoms. The maximum absolute atomic E-state index is 12.8. The van der Waals surface area contributed by atoms with Crippen LogP contribution in [0.4, 0.5) is 5.69 Å². The summed E-state index contributed by atoms with van der Waals surface area (Å²) in [6.45, 7) is 4.87. The van der Waals surface area contributed by atoms with E-state index in [-0.39, 0.29) is 15.9 Å². The highest BCUT2D eigenvalue weighted by Gasteiger charge is 2.22. The quantitative estimate of drug-likeness (QED) is 0.398. The molecule has 2 aromatic carbocycles. The Labute approximate surface area is 195 Å². The fourth-order valence-electron chi connectivity index (χ4n) is 2.91. The van der Waals surface area contributed by atoms with Gasteiger partial charge in [-0.3, -0.25) is 10.1 Å². The van der Waals surface area contributed by atoms with Crippen LogP contribution in [0.3, 0.4) is 0 Å². The fraction of sp³-hybridized carbons (Fsp3) is 0.304. The second-order valence-corrected chi connectivity index (χ2v) is 9.32. The molecule has 0 saturated heterocycles. The van der Waals surface area contributed by atoms with Crippen LogP contribution in [-0.2, 0) is 14.8 Å². The van der Waals surface area contributed by atoms with Crippen LogP contribution in [0.15, 0.2) is 59.5 Å². The van der Waals surface area contributed by atoms with E-state index in [1.54, 1.807) is 37.5 Å². The molecule has 2 rings (SSSR count). The molecule has 172 valence electrons. The number of amides is 1. The van der Waals surface area contributed by atoms with Crippen LogP contribution >= 0.6 is 12.2 Å². The molecule has 2 N–H and O–H groups in total. The van der Waals surface area contributed by atoms with Crippen molar-refractivity contribution in [2.24, 2.45) is 0 Å². The highest BCUT2D eigenvalue weighted by Crippen LogP contribution is 2.19. The first-order valence-electron chi connectivity index (χ1n) is 10.3. The number of nitrogens with zero attached hydrogens (tertiary/aromatic N) is 1. The van der Waals surface area contributed by atoms with Gasteiger partial charge in [-0.05, 0) is 73.1 Å². The molecule has 0 atom stereocenters. The van der Waals surface area contributed by atoms with Gasteiger partial charge in [-0.15, -0.1) is 0 Å². The number of ether oxygens (including phenoxy) is 1. The number of hydrogen-bond acceptors (Lipinski definition) is 5. The first kappa shape index (κ1) is 25.5. The molecule has 32 heavy (non-hydrogen) atoms. The highest BCUT2D eigenvalue weighted by atomic mass is 32.2. The predicted molar refractivity (Wildman–Crippen MR) is 132 cm³/mol. The van der Waals surface area contributed by atoms with E-state index in [4.69, 9.17) is 17.0 Å². The molecular weight excluding hydrogens is 446 g/mol. The van der Waals surface area contributed by atoms with E-state index in [1.165, 1.54) is 22.5 Å². The van der Waals surface area contributed by atoms with Gasteiger partial charge in [-0.2, -0.15) is 4.31 Å². The summed E-state index contributed by atoms with van der Waals surface area (Å²) in [6.07, 6.45) is 4.54. The van der Waals surface area contributed by atoms with E-state index in [0.717, 1.165) is 24.2 Å². The van der Waals surface area contributed by atoms with Gasteiger partial charge in [0.25, 0.3) is 0 Å². The molecule has 0 aliphatic carbocycles. The highest BCUT2D eigenvalue weighted by molar-refractivity contribution is 7.89. The monoisotopic (exact) mass is 475 g/mol. The van der Waals surface area contributed by atoms with Crippen molar-refractivity contribution in [2.75, 3.05) is 25.5 Å². The van der Waals surface area contributed by atoms with Gasteiger partial charge in [-0.25, -0.2) is 8.42 Å². The van der Waals surface area contributed by atoms with E-state index in [2.05, 4.69) is 10.6 Å². The Balaban J connectivity index is 1.95.